The second kappa shape index (κ2) is 21.7. The molecule has 0 radical (unpaired) electrons. The number of rotatable bonds is 20. The molecule has 0 aliphatic heterocycles. The Morgan fingerprint density at radius 3 is 0.962 bits per heavy atom. The van der Waals surface area contributed by atoms with Crippen LogP contribution in [0.2, 0.25) is 0 Å². The molecule has 0 saturated heterocycles. The number of quaternary nitrogens is 1. The van der Waals surface area contributed by atoms with E-state index < -0.39 is 0 Å². The van der Waals surface area contributed by atoms with E-state index in [1.807, 2.05) is 0 Å². The molecule has 0 atom stereocenters. The highest BCUT2D eigenvalue weighted by Gasteiger charge is 2.14. The molecule has 0 N–H and O–H groups in total. The quantitative estimate of drug-likeness (QED) is 0.184. The van der Waals surface area contributed by atoms with Gasteiger partial charge in [-0.1, -0.05) is 103 Å². The Morgan fingerprint density at radius 1 is 0.423 bits per heavy atom. The standard InChI is InChI=1S/C24H52N.BrH/c1-5-8-9-10-11-12-13-14-15-16-17-18-19-20-21-22-23-24-25(4,6-2)7-3;/h5-24H2,1-4H3;1H/q+1;/p-1. The molecule has 26 heavy (non-hydrogen) atoms. The van der Waals surface area contributed by atoms with Crippen molar-refractivity contribution in [2.75, 3.05) is 26.7 Å². The van der Waals surface area contributed by atoms with E-state index in [9.17, 15) is 0 Å². The van der Waals surface area contributed by atoms with Crippen LogP contribution in [0.25, 0.3) is 0 Å². The van der Waals surface area contributed by atoms with Gasteiger partial charge in [0, 0.05) is 0 Å². The number of nitrogens with zero attached hydrogens (tertiary/aromatic N) is 1. The van der Waals surface area contributed by atoms with E-state index in [2.05, 4.69) is 27.8 Å². The van der Waals surface area contributed by atoms with Crippen LogP contribution in [0.1, 0.15) is 130 Å². The summed E-state index contributed by atoms with van der Waals surface area (Å²) in [7, 11) is 2.41. The van der Waals surface area contributed by atoms with Gasteiger partial charge in [-0.25, -0.2) is 0 Å². The Morgan fingerprint density at radius 2 is 0.692 bits per heavy atom. The van der Waals surface area contributed by atoms with Crippen LogP contribution in [0.3, 0.4) is 0 Å². The van der Waals surface area contributed by atoms with Crippen LogP contribution in [0, 0.1) is 0 Å². The van der Waals surface area contributed by atoms with Gasteiger partial charge in [-0.15, -0.1) is 0 Å². The summed E-state index contributed by atoms with van der Waals surface area (Å²) in [6.07, 6.45) is 24.9. The zero-order valence-corrected chi connectivity index (χ0v) is 20.6. The third-order valence-corrected chi connectivity index (χ3v) is 6.33. The third kappa shape index (κ3) is 19.2. The van der Waals surface area contributed by atoms with Gasteiger partial charge in [0.1, 0.15) is 0 Å². The molecule has 1 nitrogen and oxygen atoms in total. The molecule has 0 aliphatic carbocycles. The first-order chi connectivity index (χ1) is 12.2. The fraction of sp³-hybridized carbons (Fsp3) is 1.00. The average molecular weight is 435 g/mol. The smallest absolute Gasteiger partial charge is 0.0784 e. The highest BCUT2D eigenvalue weighted by Crippen LogP contribution is 2.14. The molecule has 0 aromatic carbocycles. The predicted octanol–water partition coefficient (Wildman–Crippen LogP) is 5.13. The van der Waals surface area contributed by atoms with Crippen molar-refractivity contribution < 1.29 is 21.5 Å². The first-order valence-electron chi connectivity index (χ1n) is 12.0. The highest BCUT2D eigenvalue weighted by atomic mass is 79.9. The molecule has 0 aromatic heterocycles. The van der Waals surface area contributed by atoms with Gasteiger partial charge >= 0.3 is 0 Å². The van der Waals surface area contributed by atoms with Crippen LogP contribution < -0.4 is 17.0 Å². The topological polar surface area (TPSA) is 0 Å². The summed E-state index contributed by atoms with van der Waals surface area (Å²) in [6.45, 7) is 10.9. The van der Waals surface area contributed by atoms with E-state index in [1.165, 1.54) is 133 Å². The highest BCUT2D eigenvalue weighted by molar-refractivity contribution is 4.50. The predicted molar refractivity (Wildman–Crippen MR) is 116 cm³/mol. The lowest BCUT2D eigenvalue weighted by Crippen LogP contribution is -3.00. The molecular weight excluding hydrogens is 382 g/mol. The van der Waals surface area contributed by atoms with Crippen molar-refractivity contribution in [2.24, 2.45) is 0 Å². The van der Waals surface area contributed by atoms with Crippen molar-refractivity contribution in [2.45, 2.75) is 130 Å². The van der Waals surface area contributed by atoms with Crippen LogP contribution in [0.4, 0.5) is 0 Å². The van der Waals surface area contributed by atoms with E-state index in [-0.39, 0.29) is 17.0 Å². The van der Waals surface area contributed by atoms with Gasteiger partial charge in [-0.2, -0.15) is 0 Å². The summed E-state index contributed by atoms with van der Waals surface area (Å²) in [5, 5.41) is 0. The van der Waals surface area contributed by atoms with Crippen LogP contribution in [0.15, 0.2) is 0 Å². The number of unbranched alkanes of at least 4 members (excludes halogenated alkanes) is 16. The Bertz CT molecular complexity index is 251. The maximum atomic E-state index is 2.41. The van der Waals surface area contributed by atoms with Crippen molar-refractivity contribution in [1.82, 2.24) is 0 Å². The number of hydrogen-bond acceptors (Lipinski definition) is 0. The summed E-state index contributed by atoms with van der Waals surface area (Å²) in [5.41, 5.74) is 0. The molecule has 160 valence electrons. The van der Waals surface area contributed by atoms with Gasteiger partial charge in [0.15, 0.2) is 0 Å². The zero-order chi connectivity index (χ0) is 18.6. The Hall–Kier alpha value is 0.440. The SMILES string of the molecule is CCCCCCCCCCCCCCCCCCC[N+](C)(CC)CC.[Br-]. The van der Waals surface area contributed by atoms with Gasteiger partial charge in [-0.3, -0.25) is 0 Å². The molecule has 0 fully saturated rings. The average Bonchev–Trinajstić information content (AvgIpc) is 2.64. The van der Waals surface area contributed by atoms with Gasteiger partial charge in [0.25, 0.3) is 0 Å². The normalized spacial score (nSPS) is 11.5. The van der Waals surface area contributed by atoms with Crippen molar-refractivity contribution in [1.29, 1.82) is 0 Å². The van der Waals surface area contributed by atoms with Gasteiger partial charge in [0.05, 0.1) is 26.7 Å². The minimum atomic E-state index is 0. The van der Waals surface area contributed by atoms with E-state index in [4.69, 9.17) is 0 Å². The summed E-state index contributed by atoms with van der Waals surface area (Å²) in [6, 6.07) is 0. The van der Waals surface area contributed by atoms with Crippen molar-refractivity contribution in [3.8, 4) is 0 Å². The fourth-order valence-corrected chi connectivity index (χ4v) is 3.76. The summed E-state index contributed by atoms with van der Waals surface area (Å²) < 4.78 is 1.26. The third-order valence-electron chi connectivity index (χ3n) is 6.33. The summed E-state index contributed by atoms with van der Waals surface area (Å²) in [4.78, 5) is 0. The lowest BCUT2D eigenvalue weighted by atomic mass is 10.0. The largest absolute Gasteiger partial charge is 1.00 e. The second-order valence-electron chi connectivity index (χ2n) is 8.63. The van der Waals surface area contributed by atoms with E-state index in [0.717, 1.165) is 0 Å². The molecule has 0 aromatic rings. The second-order valence-corrected chi connectivity index (χ2v) is 8.63. The zero-order valence-electron chi connectivity index (χ0n) is 19.0. The minimum absolute atomic E-state index is 0. The maximum Gasteiger partial charge on any atom is 0.0784 e. The van der Waals surface area contributed by atoms with E-state index >= 15 is 0 Å². The molecule has 0 rings (SSSR count). The van der Waals surface area contributed by atoms with Gasteiger partial charge in [0.2, 0.25) is 0 Å². The van der Waals surface area contributed by atoms with Crippen LogP contribution in [-0.2, 0) is 0 Å². The van der Waals surface area contributed by atoms with Crippen molar-refractivity contribution >= 4 is 0 Å². The molecular formula is C24H52BrN. The molecule has 2 heteroatoms. The van der Waals surface area contributed by atoms with Crippen molar-refractivity contribution in [3.63, 3.8) is 0 Å². The first-order valence-corrected chi connectivity index (χ1v) is 12.0. The lowest BCUT2D eigenvalue weighted by Gasteiger charge is -2.32. The van der Waals surface area contributed by atoms with Gasteiger partial charge < -0.3 is 21.5 Å². The van der Waals surface area contributed by atoms with E-state index in [1.54, 1.807) is 0 Å². The van der Waals surface area contributed by atoms with Crippen LogP contribution in [-0.4, -0.2) is 31.2 Å². The summed E-state index contributed by atoms with van der Waals surface area (Å²) in [5.74, 6) is 0. The molecule has 0 unspecified atom stereocenters. The van der Waals surface area contributed by atoms with Gasteiger partial charge in [-0.05, 0) is 26.7 Å². The molecule has 0 heterocycles. The number of hydrogen-bond donors (Lipinski definition) is 0. The monoisotopic (exact) mass is 433 g/mol. The van der Waals surface area contributed by atoms with Crippen LogP contribution >= 0.6 is 0 Å². The molecule has 0 spiro atoms. The lowest BCUT2D eigenvalue weighted by molar-refractivity contribution is -0.906. The molecule has 0 saturated carbocycles. The minimum Gasteiger partial charge on any atom is -1.00 e. The van der Waals surface area contributed by atoms with Crippen LogP contribution in [0.5, 0.6) is 0 Å². The molecule has 0 amide bonds. The molecule has 0 aliphatic rings. The Kier molecular flexibility index (Phi) is 24.0. The Labute approximate surface area is 178 Å². The first kappa shape index (κ1) is 28.6. The number of halogens is 1. The maximum absolute atomic E-state index is 2.41. The fourth-order valence-electron chi connectivity index (χ4n) is 3.76. The molecule has 0 bridgehead atoms. The summed E-state index contributed by atoms with van der Waals surface area (Å²) >= 11 is 0. The Balaban J connectivity index is 0. The van der Waals surface area contributed by atoms with E-state index in [0.29, 0.717) is 0 Å². The van der Waals surface area contributed by atoms with Crippen molar-refractivity contribution in [3.05, 3.63) is 0 Å².